The molecule has 24 heavy (non-hydrogen) atoms. The van der Waals surface area contributed by atoms with E-state index in [9.17, 15) is 19.2 Å². The van der Waals surface area contributed by atoms with Gasteiger partial charge in [-0.05, 0) is 0 Å². The Morgan fingerprint density at radius 2 is 0.875 bits per heavy atom. The topological polar surface area (TPSA) is 242 Å². The number of hydrogen-bond acceptors (Lipinski definition) is 7. The number of carboxylic acids is 2. The average molecular weight is 362 g/mol. The fraction of sp³-hybridized carbons (Fsp3) is 0.333. The van der Waals surface area contributed by atoms with Crippen molar-refractivity contribution >= 4 is 23.9 Å². The molecule has 12 nitrogen and oxygen atoms in total. The number of methoxy groups -OCH3 is 2. The normalized spacial score (nSPS) is 7.33. The van der Waals surface area contributed by atoms with Crippen LogP contribution >= 0.6 is 0 Å². The molecule has 0 saturated heterocycles. The zero-order chi connectivity index (χ0) is 16.6. The van der Waals surface area contributed by atoms with Gasteiger partial charge >= 0.3 is 23.9 Å². The van der Waals surface area contributed by atoms with Gasteiger partial charge in [0.15, 0.2) is 0 Å². The van der Waals surface area contributed by atoms with Gasteiger partial charge in [0.05, 0.1) is 14.2 Å². The fourth-order valence-electron chi connectivity index (χ4n) is 0.415. The lowest BCUT2D eigenvalue weighted by molar-refractivity contribution is -0.137. The van der Waals surface area contributed by atoms with Crippen LogP contribution in [-0.2, 0) is 28.7 Å². The minimum Gasteiger partial charge on any atom is -0.478 e. The van der Waals surface area contributed by atoms with E-state index in [1.165, 1.54) is 14.2 Å². The number of aliphatic hydroxyl groups is 1. The molecule has 0 rings (SSSR count). The van der Waals surface area contributed by atoms with Gasteiger partial charge < -0.3 is 41.2 Å². The third-order valence-corrected chi connectivity index (χ3v) is 1.13. The molecule has 0 aromatic rings. The minimum atomic E-state index is -1.26. The second-order valence-electron chi connectivity index (χ2n) is 2.39. The molecule has 0 radical (unpaired) electrons. The van der Waals surface area contributed by atoms with Gasteiger partial charge in [-0.15, -0.1) is 0 Å². The summed E-state index contributed by atoms with van der Waals surface area (Å²) in [6.07, 6.45) is 3.10. The molecule has 0 amide bonds. The molecule has 0 aliphatic heterocycles. The molecular weight excluding hydrogens is 336 g/mol. The number of carboxylic acid groups (broad SMARTS) is 2. The lowest BCUT2D eigenvalue weighted by Gasteiger charge is -1.89. The van der Waals surface area contributed by atoms with Crippen LogP contribution in [0.3, 0.4) is 0 Å². The maximum absolute atomic E-state index is 10.3. The largest absolute Gasteiger partial charge is 0.478 e. The highest BCUT2D eigenvalue weighted by Gasteiger charge is 1.94. The molecule has 0 aromatic heterocycles. The molecule has 12 heteroatoms. The van der Waals surface area contributed by atoms with E-state index in [2.05, 4.69) is 9.47 Å². The van der Waals surface area contributed by atoms with Crippen LogP contribution < -0.4 is 0 Å². The van der Waals surface area contributed by atoms with E-state index in [0.29, 0.717) is 12.2 Å². The van der Waals surface area contributed by atoms with E-state index in [1.807, 2.05) is 0 Å². The van der Waals surface area contributed by atoms with Crippen molar-refractivity contribution in [2.24, 2.45) is 0 Å². The number of aliphatic hydroxyl groups excluding tert-OH is 1. The van der Waals surface area contributed by atoms with Crippen molar-refractivity contribution in [2.75, 3.05) is 21.3 Å². The number of rotatable bonds is 4. The molecule has 0 aliphatic carbocycles. The summed E-state index contributed by atoms with van der Waals surface area (Å²) in [5.41, 5.74) is 0. The van der Waals surface area contributed by atoms with Crippen LogP contribution in [0.1, 0.15) is 7.43 Å². The quantitative estimate of drug-likeness (QED) is 0.349. The Balaban J connectivity index is -0.0000000383. The van der Waals surface area contributed by atoms with E-state index in [0.717, 1.165) is 19.3 Å². The van der Waals surface area contributed by atoms with Gasteiger partial charge in [-0.2, -0.15) is 0 Å². The van der Waals surface area contributed by atoms with Crippen LogP contribution in [0.2, 0.25) is 0 Å². The van der Waals surface area contributed by atoms with Crippen molar-refractivity contribution in [2.45, 2.75) is 7.43 Å². The fourth-order valence-corrected chi connectivity index (χ4v) is 0.415. The Labute approximate surface area is 138 Å². The van der Waals surface area contributed by atoms with Crippen LogP contribution in [0.5, 0.6) is 0 Å². The van der Waals surface area contributed by atoms with E-state index in [1.54, 1.807) is 0 Å². The Bertz CT molecular complexity index is 338. The highest BCUT2D eigenvalue weighted by atomic mass is 16.5. The molecule has 0 heterocycles. The summed E-state index contributed by atoms with van der Waals surface area (Å²) in [5.74, 6) is -3.67. The van der Waals surface area contributed by atoms with Crippen LogP contribution in [0.25, 0.3) is 0 Å². The zero-order valence-electron chi connectivity index (χ0n) is 12.6. The zero-order valence-corrected chi connectivity index (χ0v) is 12.6. The van der Waals surface area contributed by atoms with Crippen molar-refractivity contribution in [3.8, 4) is 0 Å². The summed E-state index contributed by atoms with van der Waals surface area (Å²) in [6, 6.07) is 0. The van der Waals surface area contributed by atoms with E-state index < -0.39 is 23.9 Å². The highest BCUT2D eigenvalue weighted by molar-refractivity contribution is 5.91. The number of hydrogen-bond donors (Lipinski definition) is 3. The first-order valence-corrected chi connectivity index (χ1v) is 4.76. The molecule has 9 N–H and O–H groups in total. The van der Waals surface area contributed by atoms with Crippen LogP contribution in [0, 0.1) is 0 Å². The van der Waals surface area contributed by atoms with Crippen molar-refractivity contribution in [1.82, 2.24) is 0 Å². The van der Waals surface area contributed by atoms with Gasteiger partial charge in [0.1, 0.15) is 0 Å². The predicted molar refractivity (Wildman–Crippen MR) is 83.3 cm³/mol. The Hall–Kier alpha value is -2.80. The summed E-state index contributed by atoms with van der Waals surface area (Å²) >= 11 is 0. The third-order valence-electron chi connectivity index (χ3n) is 1.13. The Morgan fingerprint density at radius 1 is 0.667 bits per heavy atom. The molecule has 0 atom stereocenters. The van der Waals surface area contributed by atoms with E-state index in [4.69, 9.17) is 15.3 Å². The summed E-state index contributed by atoms with van der Waals surface area (Å²) < 4.78 is 8.42. The lowest BCUT2D eigenvalue weighted by atomic mass is 10.5. The first-order valence-electron chi connectivity index (χ1n) is 4.76. The molecule has 146 valence electrons. The van der Waals surface area contributed by atoms with Gasteiger partial charge in [0.2, 0.25) is 0 Å². The second kappa shape index (κ2) is 32.2. The van der Waals surface area contributed by atoms with Crippen molar-refractivity contribution in [3.63, 3.8) is 0 Å². The Kier molecular flexibility index (Phi) is 57.6. The molecule has 0 unspecified atom stereocenters. The number of carbonyl (C=O) groups is 4. The standard InChI is InChI=1S/C6H8O4.C4H4O4.CH4O.CH4.3H2O/c1-9-5(7)3-4-6(8)10-2;5-3(6)1-2-4(7)8;1-2;;;;/h3-4H,1-2H3;1-2H,(H,5,6)(H,7,8);2H,1H3;1H4;3*1H2/b4-3-;2-1-;;;;;. The van der Waals surface area contributed by atoms with Crippen LogP contribution in [0.4, 0.5) is 0 Å². The SMILES string of the molecule is C.CO.COC(=O)/C=C\C(=O)OC.O.O.O.O=C(O)/C=C\C(=O)O. The minimum absolute atomic E-state index is 0. The van der Waals surface area contributed by atoms with Gasteiger partial charge in [-0.1, -0.05) is 7.43 Å². The molecule has 0 aromatic carbocycles. The molecule has 0 aliphatic rings. The van der Waals surface area contributed by atoms with Crippen molar-refractivity contribution in [3.05, 3.63) is 24.3 Å². The van der Waals surface area contributed by atoms with Crippen molar-refractivity contribution in [1.29, 1.82) is 0 Å². The average Bonchev–Trinajstić information content (AvgIpc) is 2.44. The third kappa shape index (κ3) is 50.7. The van der Waals surface area contributed by atoms with Gasteiger partial charge in [-0.25, -0.2) is 19.2 Å². The molecule has 0 spiro atoms. The lowest BCUT2D eigenvalue weighted by Crippen LogP contribution is -1.98. The second-order valence-corrected chi connectivity index (χ2v) is 2.39. The number of esters is 2. The first-order chi connectivity index (χ1) is 9.33. The van der Waals surface area contributed by atoms with Gasteiger partial charge in [0, 0.05) is 31.4 Å². The molecular formula is C12H26O12. The van der Waals surface area contributed by atoms with E-state index in [-0.39, 0.29) is 23.9 Å². The monoisotopic (exact) mass is 362 g/mol. The highest BCUT2D eigenvalue weighted by Crippen LogP contribution is 1.80. The molecule has 0 bridgehead atoms. The summed E-state index contributed by atoms with van der Waals surface area (Å²) in [6.45, 7) is 0. The maximum atomic E-state index is 10.3. The smallest absolute Gasteiger partial charge is 0.330 e. The maximum Gasteiger partial charge on any atom is 0.330 e. The van der Waals surface area contributed by atoms with Crippen LogP contribution in [0.15, 0.2) is 24.3 Å². The molecule has 0 fully saturated rings. The van der Waals surface area contributed by atoms with Gasteiger partial charge in [-0.3, -0.25) is 0 Å². The van der Waals surface area contributed by atoms with Crippen molar-refractivity contribution < 1.29 is 60.4 Å². The van der Waals surface area contributed by atoms with E-state index >= 15 is 0 Å². The number of ether oxygens (including phenoxy) is 2. The predicted octanol–water partition coefficient (Wildman–Crippen LogP) is -2.63. The molecule has 0 saturated carbocycles. The number of carbonyl (C=O) groups excluding carboxylic acids is 2. The summed E-state index contributed by atoms with van der Waals surface area (Å²) in [4.78, 5) is 39.7. The Morgan fingerprint density at radius 3 is 1.00 bits per heavy atom. The summed E-state index contributed by atoms with van der Waals surface area (Å²) in [5, 5.41) is 22.6. The van der Waals surface area contributed by atoms with Crippen LogP contribution in [-0.4, -0.2) is 77.0 Å². The first kappa shape index (κ1) is 42.9. The number of aliphatic carboxylic acids is 2. The van der Waals surface area contributed by atoms with Gasteiger partial charge in [0.25, 0.3) is 0 Å². The summed E-state index contributed by atoms with van der Waals surface area (Å²) in [7, 11) is 3.45.